The molecule has 0 rings (SSSR count). The van der Waals surface area contributed by atoms with Gasteiger partial charge in [-0.25, -0.2) is 0 Å². The van der Waals surface area contributed by atoms with Gasteiger partial charge in [-0.3, -0.25) is 0 Å². The van der Waals surface area contributed by atoms with Gasteiger partial charge in [0.25, 0.3) is 0 Å². The molecule has 0 aliphatic carbocycles. The first-order valence-corrected chi connectivity index (χ1v) is 5.81. The number of hydrogen-bond donors (Lipinski definition) is 1. The largest absolute Gasteiger partial charge is 0.300 e. The molecule has 14 heavy (non-hydrogen) atoms. The third-order valence-corrected chi connectivity index (χ3v) is 3.04. The molecule has 0 spiro atoms. The van der Waals surface area contributed by atoms with Crippen molar-refractivity contribution in [3.63, 3.8) is 0 Å². The molecule has 1 N–H and O–H groups in total. The summed E-state index contributed by atoms with van der Waals surface area (Å²) in [6.45, 7) is 9.75. The van der Waals surface area contributed by atoms with Gasteiger partial charge in [0.2, 0.25) is 0 Å². The SMILES string of the molecule is C#CCNC(CCC)(CCC)C(C)C. The molecule has 0 heterocycles. The second-order valence-electron chi connectivity index (χ2n) is 4.37. The van der Waals surface area contributed by atoms with E-state index in [1.54, 1.807) is 0 Å². The molecule has 0 saturated heterocycles. The van der Waals surface area contributed by atoms with Crippen molar-refractivity contribution in [2.45, 2.75) is 58.9 Å². The van der Waals surface area contributed by atoms with Gasteiger partial charge in [0.15, 0.2) is 0 Å². The molecule has 82 valence electrons. The van der Waals surface area contributed by atoms with Gasteiger partial charge in [0.05, 0.1) is 6.54 Å². The summed E-state index contributed by atoms with van der Waals surface area (Å²) in [5.41, 5.74) is 0.260. The van der Waals surface area contributed by atoms with E-state index < -0.39 is 0 Å². The fraction of sp³-hybridized carbons (Fsp3) is 0.846. The summed E-state index contributed by atoms with van der Waals surface area (Å²) in [4.78, 5) is 0. The van der Waals surface area contributed by atoms with Crippen LogP contribution in [0.3, 0.4) is 0 Å². The van der Waals surface area contributed by atoms with Crippen LogP contribution in [-0.4, -0.2) is 12.1 Å². The number of rotatable bonds is 7. The van der Waals surface area contributed by atoms with E-state index in [1.807, 2.05) is 0 Å². The first-order chi connectivity index (χ1) is 6.63. The Morgan fingerprint density at radius 3 is 2.00 bits per heavy atom. The maximum absolute atomic E-state index is 5.32. The topological polar surface area (TPSA) is 12.0 Å². The lowest BCUT2D eigenvalue weighted by atomic mass is 9.78. The molecule has 1 nitrogen and oxygen atoms in total. The molecule has 0 saturated carbocycles. The molecule has 0 atom stereocenters. The zero-order valence-electron chi connectivity index (χ0n) is 10.2. The molecular weight excluding hydrogens is 170 g/mol. The van der Waals surface area contributed by atoms with E-state index in [1.165, 1.54) is 25.7 Å². The fourth-order valence-corrected chi connectivity index (χ4v) is 2.20. The summed E-state index contributed by atoms with van der Waals surface area (Å²) < 4.78 is 0. The Labute approximate surface area is 89.7 Å². The Morgan fingerprint density at radius 2 is 1.71 bits per heavy atom. The van der Waals surface area contributed by atoms with Crippen LogP contribution in [0.5, 0.6) is 0 Å². The Balaban J connectivity index is 4.48. The van der Waals surface area contributed by atoms with Crippen molar-refractivity contribution in [3.05, 3.63) is 0 Å². The molecule has 0 unspecified atom stereocenters. The average molecular weight is 195 g/mol. The zero-order chi connectivity index (χ0) is 11.0. The van der Waals surface area contributed by atoms with Crippen molar-refractivity contribution in [3.8, 4) is 12.3 Å². The minimum absolute atomic E-state index is 0.260. The predicted octanol–water partition coefficient (Wildman–Crippen LogP) is 3.20. The second kappa shape index (κ2) is 6.90. The smallest absolute Gasteiger partial charge is 0.0578 e. The fourth-order valence-electron chi connectivity index (χ4n) is 2.20. The van der Waals surface area contributed by atoms with Crippen molar-refractivity contribution in [2.24, 2.45) is 5.92 Å². The molecule has 0 bridgehead atoms. The van der Waals surface area contributed by atoms with E-state index in [9.17, 15) is 0 Å². The number of nitrogens with one attached hydrogen (secondary N) is 1. The molecule has 0 aliphatic heterocycles. The second-order valence-corrected chi connectivity index (χ2v) is 4.37. The summed E-state index contributed by atoms with van der Waals surface area (Å²) in [6, 6.07) is 0. The first kappa shape index (κ1) is 13.5. The minimum Gasteiger partial charge on any atom is -0.300 e. The van der Waals surface area contributed by atoms with E-state index >= 15 is 0 Å². The lowest BCUT2D eigenvalue weighted by Gasteiger charge is -2.38. The summed E-state index contributed by atoms with van der Waals surface area (Å²) in [5.74, 6) is 3.33. The van der Waals surface area contributed by atoms with Crippen LogP contribution in [0.1, 0.15) is 53.4 Å². The predicted molar refractivity (Wildman–Crippen MR) is 64.2 cm³/mol. The number of hydrogen-bond acceptors (Lipinski definition) is 1. The first-order valence-electron chi connectivity index (χ1n) is 5.81. The summed E-state index contributed by atoms with van der Waals surface area (Å²) in [6.07, 6.45) is 10.2. The molecule has 0 aromatic rings. The lowest BCUT2D eigenvalue weighted by molar-refractivity contribution is 0.206. The van der Waals surface area contributed by atoms with E-state index in [0.29, 0.717) is 12.5 Å². The van der Waals surface area contributed by atoms with Crippen LogP contribution in [0, 0.1) is 18.3 Å². The quantitative estimate of drug-likeness (QED) is 0.615. The van der Waals surface area contributed by atoms with Crippen LogP contribution in [0.4, 0.5) is 0 Å². The van der Waals surface area contributed by atoms with Crippen LogP contribution in [0.15, 0.2) is 0 Å². The molecule has 0 aliphatic rings. The van der Waals surface area contributed by atoms with Gasteiger partial charge in [-0.05, 0) is 18.8 Å². The van der Waals surface area contributed by atoms with E-state index in [4.69, 9.17) is 6.42 Å². The highest BCUT2D eigenvalue weighted by Gasteiger charge is 2.30. The van der Waals surface area contributed by atoms with Crippen molar-refractivity contribution in [1.29, 1.82) is 0 Å². The van der Waals surface area contributed by atoms with Crippen molar-refractivity contribution >= 4 is 0 Å². The van der Waals surface area contributed by atoms with Gasteiger partial charge in [-0.15, -0.1) is 6.42 Å². The van der Waals surface area contributed by atoms with Crippen LogP contribution >= 0.6 is 0 Å². The molecule has 0 radical (unpaired) electrons. The maximum Gasteiger partial charge on any atom is 0.0578 e. The molecule has 0 amide bonds. The summed E-state index contributed by atoms with van der Waals surface area (Å²) in [7, 11) is 0. The van der Waals surface area contributed by atoms with Crippen LogP contribution in [0.2, 0.25) is 0 Å². The van der Waals surface area contributed by atoms with Gasteiger partial charge < -0.3 is 5.32 Å². The highest BCUT2D eigenvalue weighted by atomic mass is 15.0. The molecular formula is C13H25N. The van der Waals surface area contributed by atoms with Gasteiger partial charge in [-0.1, -0.05) is 46.5 Å². The van der Waals surface area contributed by atoms with E-state index in [-0.39, 0.29) is 5.54 Å². The third kappa shape index (κ3) is 3.72. The molecule has 0 fully saturated rings. The molecule has 0 aromatic carbocycles. The Kier molecular flexibility index (Phi) is 6.66. The van der Waals surface area contributed by atoms with Crippen LogP contribution in [0.25, 0.3) is 0 Å². The highest BCUT2D eigenvalue weighted by Crippen LogP contribution is 2.27. The van der Waals surface area contributed by atoms with Crippen molar-refractivity contribution < 1.29 is 0 Å². The Hall–Kier alpha value is -0.480. The average Bonchev–Trinajstić information content (AvgIpc) is 2.14. The van der Waals surface area contributed by atoms with Gasteiger partial charge in [0.1, 0.15) is 0 Å². The van der Waals surface area contributed by atoms with Gasteiger partial charge in [0, 0.05) is 5.54 Å². The van der Waals surface area contributed by atoms with Crippen molar-refractivity contribution in [1.82, 2.24) is 5.32 Å². The summed E-state index contributed by atoms with van der Waals surface area (Å²) in [5, 5.41) is 3.55. The summed E-state index contributed by atoms with van der Waals surface area (Å²) >= 11 is 0. The van der Waals surface area contributed by atoms with E-state index in [0.717, 1.165) is 0 Å². The maximum atomic E-state index is 5.32. The van der Waals surface area contributed by atoms with E-state index in [2.05, 4.69) is 38.9 Å². The van der Waals surface area contributed by atoms with Gasteiger partial charge in [-0.2, -0.15) is 0 Å². The Morgan fingerprint density at radius 1 is 1.21 bits per heavy atom. The lowest BCUT2D eigenvalue weighted by Crippen LogP contribution is -2.49. The third-order valence-electron chi connectivity index (χ3n) is 3.04. The van der Waals surface area contributed by atoms with Crippen molar-refractivity contribution in [2.75, 3.05) is 6.54 Å². The number of terminal acetylenes is 1. The molecule has 0 aromatic heterocycles. The normalized spacial score (nSPS) is 11.7. The zero-order valence-corrected chi connectivity index (χ0v) is 10.2. The van der Waals surface area contributed by atoms with Crippen LogP contribution < -0.4 is 5.32 Å². The Bertz CT molecular complexity index is 170. The standard InChI is InChI=1S/C13H25N/c1-6-9-13(10-7-2,12(4)5)14-11-8-3/h3,12,14H,6-7,9-11H2,1-2,4-5H3. The van der Waals surface area contributed by atoms with Gasteiger partial charge >= 0.3 is 0 Å². The monoisotopic (exact) mass is 195 g/mol. The van der Waals surface area contributed by atoms with Crippen LogP contribution in [-0.2, 0) is 0 Å². The minimum atomic E-state index is 0.260. The highest BCUT2D eigenvalue weighted by molar-refractivity contribution is 4.96. The molecule has 1 heteroatoms.